The summed E-state index contributed by atoms with van der Waals surface area (Å²) in [7, 11) is 0. The number of aliphatic carboxylic acids is 2. The highest BCUT2D eigenvalue weighted by Gasteiger charge is 2.22. The summed E-state index contributed by atoms with van der Waals surface area (Å²) in [6.07, 6.45) is 1.29. The van der Waals surface area contributed by atoms with Crippen molar-refractivity contribution in [2.75, 3.05) is 5.73 Å². The molecule has 12 heteroatoms. The van der Waals surface area contributed by atoms with E-state index in [1.165, 1.54) is 17.0 Å². The molecule has 3 aromatic rings. The predicted octanol–water partition coefficient (Wildman–Crippen LogP) is 0.659. The predicted molar refractivity (Wildman–Crippen MR) is 109 cm³/mol. The van der Waals surface area contributed by atoms with Crippen molar-refractivity contribution in [2.45, 2.75) is 31.8 Å². The maximum absolute atomic E-state index is 12.5. The number of carboxylic acid groups (broad SMARTS) is 2. The number of H-pyrrole nitrogens is 1. The summed E-state index contributed by atoms with van der Waals surface area (Å²) < 4.78 is 1.44. The fraction of sp³-hybridized carbons (Fsp3) is 0.278. The van der Waals surface area contributed by atoms with Crippen molar-refractivity contribution in [1.82, 2.24) is 19.9 Å². The first kappa shape index (κ1) is 21.0. The Labute approximate surface area is 173 Å². The molecule has 0 aliphatic rings. The minimum absolute atomic E-state index is 0.212. The van der Waals surface area contributed by atoms with Gasteiger partial charge in [0.25, 0.3) is 11.5 Å². The Bertz CT molecular complexity index is 1160. The molecule has 0 aliphatic heterocycles. The van der Waals surface area contributed by atoms with Gasteiger partial charge in [0, 0.05) is 13.0 Å². The van der Waals surface area contributed by atoms with Crippen molar-refractivity contribution in [1.29, 1.82) is 0 Å². The van der Waals surface area contributed by atoms with Gasteiger partial charge in [0.05, 0.1) is 16.6 Å². The van der Waals surface area contributed by atoms with E-state index in [-0.39, 0.29) is 18.4 Å². The number of hydrogen-bond acceptors (Lipinski definition) is 7. The van der Waals surface area contributed by atoms with Gasteiger partial charge < -0.3 is 26.2 Å². The van der Waals surface area contributed by atoms with Gasteiger partial charge in [-0.25, -0.2) is 9.78 Å². The first-order valence-electron chi connectivity index (χ1n) is 8.91. The molecule has 0 aliphatic carbocycles. The molecule has 0 radical (unpaired) electrons. The molecule has 158 valence electrons. The summed E-state index contributed by atoms with van der Waals surface area (Å²) >= 11 is 1.14. The molecule has 0 aromatic carbocycles. The Hall–Kier alpha value is -3.67. The molecule has 6 N–H and O–H groups in total. The number of nitrogens with zero attached hydrogens (tertiary/aromatic N) is 2. The van der Waals surface area contributed by atoms with Crippen LogP contribution in [0.3, 0.4) is 0 Å². The number of carbonyl (C=O) groups is 3. The van der Waals surface area contributed by atoms with Gasteiger partial charge in [-0.3, -0.25) is 19.0 Å². The molecular formula is C18H19N5O6S. The van der Waals surface area contributed by atoms with E-state index in [2.05, 4.69) is 15.3 Å². The number of thiophene rings is 1. The van der Waals surface area contributed by atoms with E-state index in [0.717, 1.165) is 16.9 Å². The van der Waals surface area contributed by atoms with E-state index in [4.69, 9.17) is 15.9 Å². The number of anilines is 1. The molecule has 1 atom stereocenters. The van der Waals surface area contributed by atoms with Gasteiger partial charge in [-0.15, -0.1) is 11.3 Å². The van der Waals surface area contributed by atoms with Crippen LogP contribution < -0.4 is 16.6 Å². The Morgan fingerprint density at radius 2 is 2.07 bits per heavy atom. The van der Waals surface area contributed by atoms with Gasteiger partial charge in [-0.2, -0.15) is 0 Å². The summed E-state index contributed by atoms with van der Waals surface area (Å²) in [4.78, 5) is 53.9. The lowest BCUT2D eigenvalue weighted by Gasteiger charge is -2.12. The number of carboxylic acids is 2. The maximum Gasteiger partial charge on any atom is 0.326 e. The molecule has 0 bridgehead atoms. The van der Waals surface area contributed by atoms with E-state index >= 15 is 0 Å². The molecule has 0 fully saturated rings. The Balaban J connectivity index is 1.64. The fourth-order valence-electron chi connectivity index (χ4n) is 2.85. The van der Waals surface area contributed by atoms with Gasteiger partial charge in [0.1, 0.15) is 17.5 Å². The number of amides is 1. The van der Waals surface area contributed by atoms with Gasteiger partial charge in [0.15, 0.2) is 0 Å². The number of fused-ring (bicyclic) bond motifs is 1. The molecule has 0 saturated carbocycles. The molecule has 3 heterocycles. The van der Waals surface area contributed by atoms with Crippen molar-refractivity contribution >= 4 is 46.0 Å². The first-order valence-corrected chi connectivity index (χ1v) is 9.79. The number of rotatable bonds is 9. The lowest BCUT2D eigenvalue weighted by atomic mass is 10.1. The normalized spacial score (nSPS) is 12.0. The van der Waals surface area contributed by atoms with Gasteiger partial charge >= 0.3 is 11.9 Å². The Morgan fingerprint density at radius 3 is 2.77 bits per heavy atom. The number of nitrogens with two attached hydrogens (primary N) is 1. The number of nitrogen functional groups attached to an aromatic ring is 1. The number of nitrogens with one attached hydrogen (secondary N) is 2. The van der Waals surface area contributed by atoms with Crippen molar-refractivity contribution in [3.8, 4) is 0 Å². The minimum Gasteiger partial charge on any atom is -0.481 e. The monoisotopic (exact) mass is 433 g/mol. The third-order valence-corrected chi connectivity index (χ3v) is 5.38. The second-order valence-corrected chi connectivity index (χ2v) is 7.51. The zero-order chi connectivity index (χ0) is 21.8. The lowest BCUT2D eigenvalue weighted by Crippen LogP contribution is -2.40. The average Bonchev–Trinajstić information content (AvgIpc) is 3.30. The number of carbonyl (C=O) groups excluding carboxylic acids is 1. The Kier molecular flexibility index (Phi) is 6.16. The van der Waals surface area contributed by atoms with E-state index in [1.807, 2.05) is 0 Å². The summed E-state index contributed by atoms with van der Waals surface area (Å²) in [6, 6.07) is 1.85. The summed E-state index contributed by atoms with van der Waals surface area (Å²) in [5.41, 5.74) is 6.62. The van der Waals surface area contributed by atoms with Crippen LogP contribution >= 0.6 is 11.3 Å². The highest BCUT2D eigenvalue weighted by molar-refractivity contribution is 7.12. The van der Waals surface area contributed by atoms with Crippen LogP contribution in [0.25, 0.3) is 11.0 Å². The van der Waals surface area contributed by atoms with Crippen molar-refractivity contribution in [2.24, 2.45) is 0 Å². The smallest absolute Gasteiger partial charge is 0.326 e. The second-order valence-electron chi connectivity index (χ2n) is 6.60. The summed E-state index contributed by atoms with van der Waals surface area (Å²) in [5.74, 6) is -2.68. The quantitative estimate of drug-likeness (QED) is 0.326. The first-order chi connectivity index (χ1) is 14.2. The average molecular weight is 433 g/mol. The van der Waals surface area contributed by atoms with Crippen LogP contribution in [0, 0.1) is 0 Å². The summed E-state index contributed by atoms with van der Waals surface area (Å²) in [6.45, 7) is 0.334. The van der Waals surface area contributed by atoms with E-state index < -0.39 is 23.9 Å². The van der Waals surface area contributed by atoms with E-state index in [1.54, 1.807) is 11.4 Å². The highest BCUT2D eigenvalue weighted by atomic mass is 32.1. The molecule has 0 unspecified atom stereocenters. The molecule has 3 aromatic heterocycles. The lowest BCUT2D eigenvalue weighted by molar-refractivity contribution is -0.140. The van der Waals surface area contributed by atoms with Crippen LogP contribution in [0.1, 0.15) is 28.1 Å². The fourth-order valence-corrected chi connectivity index (χ4v) is 3.70. The van der Waals surface area contributed by atoms with Gasteiger partial charge in [0.2, 0.25) is 0 Å². The molecule has 11 nitrogen and oxygen atoms in total. The van der Waals surface area contributed by atoms with Crippen molar-refractivity contribution in [3.05, 3.63) is 44.6 Å². The van der Waals surface area contributed by atoms with Crippen molar-refractivity contribution < 1.29 is 24.6 Å². The molecule has 3 rings (SSSR count). The summed E-state index contributed by atoms with van der Waals surface area (Å²) in [5, 5.41) is 22.3. The molecule has 30 heavy (non-hydrogen) atoms. The number of aromatic amines is 1. The zero-order valence-electron chi connectivity index (χ0n) is 15.6. The second kappa shape index (κ2) is 8.78. The van der Waals surface area contributed by atoms with Crippen molar-refractivity contribution in [3.63, 3.8) is 0 Å². The SMILES string of the molecule is Nc1cc2c(=O)n(CCc3csc(C(=O)N[C@@H](CCC(=O)O)C(=O)O)c3)cnc2[nH]1. The van der Waals surface area contributed by atoms with Crippen LogP contribution in [0.15, 0.2) is 28.6 Å². The van der Waals surface area contributed by atoms with Gasteiger partial charge in [-0.05, 0) is 35.9 Å². The molecule has 1 amide bonds. The largest absolute Gasteiger partial charge is 0.481 e. The van der Waals surface area contributed by atoms with Gasteiger partial charge in [-0.1, -0.05) is 0 Å². The Morgan fingerprint density at radius 1 is 1.30 bits per heavy atom. The molecule has 0 saturated heterocycles. The third kappa shape index (κ3) is 4.84. The van der Waals surface area contributed by atoms with Crippen LogP contribution in [0.4, 0.5) is 5.82 Å². The topological polar surface area (TPSA) is 180 Å². The van der Waals surface area contributed by atoms with Crippen LogP contribution in [0.2, 0.25) is 0 Å². The minimum atomic E-state index is -1.30. The van der Waals surface area contributed by atoms with Crippen LogP contribution in [-0.2, 0) is 22.6 Å². The number of aryl methyl sites for hydroxylation is 2. The highest BCUT2D eigenvalue weighted by Crippen LogP contribution is 2.17. The molecule has 0 spiro atoms. The third-order valence-electron chi connectivity index (χ3n) is 4.40. The van der Waals surface area contributed by atoms with E-state index in [9.17, 15) is 19.2 Å². The maximum atomic E-state index is 12.5. The molecular weight excluding hydrogens is 414 g/mol. The zero-order valence-corrected chi connectivity index (χ0v) is 16.4. The van der Waals surface area contributed by atoms with E-state index in [0.29, 0.717) is 34.7 Å². The van der Waals surface area contributed by atoms with Crippen LogP contribution in [-0.4, -0.2) is 48.6 Å². The number of aromatic nitrogens is 3. The standard InChI is InChI=1S/C18H19N5O6S/c19-13-6-10-15(22-13)20-8-23(17(10)27)4-3-9-5-12(30-7-9)16(26)21-11(18(28)29)1-2-14(24)25/h5-8,11,22H,1-4,19H2,(H,21,26)(H,24,25)(H,28,29)/t11-/m0/s1. The van der Waals surface area contributed by atoms with Crippen LogP contribution in [0.5, 0.6) is 0 Å². The number of hydrogen-bond donors (Lipinski definition) is 5.